The quantitative estimate of drug-likeness (QED) is 0.202. The number of hydrogen-bond acceptors (Lipinski definition) is 1. The van der Waals surface area contributed by atoms with Crippen molar-refractivity contribution in [3.8, 4) is 16.8 Å². The van der Waals surface area contributed by atoms with Gasteiger partial charge in [0.05, 0.1) is 16.4 Å². The normalized spacial score (nSPS) is 12.3. The first kappa shape index (κ1) is 22.1. The largest absolute Gasteiger partial charge is 0.455 e. The molecular formula is C40H23NO. The van der Waals surface area contributed by atoms with Gasteiger partial charge in [0.15, 0.2) is 0 Å². The van der Waals surface area contributed by atoms with E-state index in [0.29, 0.717) is 0 Å². The third-order valence-corrected chi connectivity index (χ3v) is 9.12. The van der Waals surface area contributed by atoms with Gasteiger partial charge in [-0.3, -0.25) is 0 Å². The van der Waals surface area contributed by atoms with Crippen LogP contribution in [0.15, 0.2) is 144 Å². The maximum absolute atomic E-state index is 6.51. The fraction of sp³-hybridized carbons (Fsp3) is 0. The van der Waals surface area contributed by atoms with Crippen molar-refractivity contribution in [2.75, 3.05) is 0 Å². The first-order chi connectivity index (χ1) is 20.8. The van der Waals surface area contributed by atoms with E-state index in [9.17, 15) is 0 Å². The molecular weight excluding hydrogens is 510 g/mol. The lowest BCUT2D eigenvalue weighted by atomic mass is 9.90. The van der Waals surface area contributed by atoms with Crippen LogP contribution < -0.4 is 0 Å². The molecule has 0 bridgehead atoms. The van der Waals surface area contributed by atoms with Crippen molar-refractivity contribution < 1.29 is 4.42 Å². The smallest absolute Gasteiger partial charge is 0.145 e. The number of aromatic nitrogens is 1. The molecule has 0 saturated heterocycles. The number of furan rings is 1. The standard InChI is InChI=1S/C40H23NO/c1-3-13-34-33(12-1)39-35(22-21-32-30-11-2-4-14-36(30)42-40(32)39)41(34)28-10-6-9-27(23-28)29-19-17-26-16-15-24-7-5-8-25-18-20-31(29)38(26)37(24)25/h1-23H. The Kier molecular flexibility index (Phi) is 4.21. The summed E-state index contributed by atoms with van der Waals surface area (Å²) >= 11 is 0. The maximum Gasteiger partial charge on any atom is 0.145 e. The fourth-order valence-electron chi connectivity index (χ4n) is 7.31. The average Bonchev–Trinajstić information content (AvgIpc) is 3.59. The lowest BCUT2D eigenvalue weighted by molar-refractivity contribution is 0.673. The van der Waals surface area contributed by atoms with E-state index in [1.807, 2.05) is 6.07 Å². The third kappa shape index (κ3) is 2.83. The molecule has 10 aromatic rings. The van der Waals surface area contributed by atoms with E-state index in [-0.39, 0.29) is 0 Å². The van der Waals surface area contributed by atoms with Crippen molar-refractivity contribution in [2.24, 2.45) is 0 Å². The number of rotatable bonds is 2. The second kappa shape index (κ2) is 7.99. The second-order valence-electron chi connectivity index (χ2n) is 11.3. The molecule has 2 nitrogen and oxygen atoms in total. The lowest BCUT2D eigenvalue weighted by Crippen LogP contribution is -1.94. The molecule has 0 saturated carbocycles. The van der Waals surface area contributed by atoms with E-state index < -0.39 is 0 Å². The van der Waals surface area contributed by atoms with E-state index in [1.165, 1.54) is 54.3 Å². The van der Waals surface area contributed by atoms with Gasteiger partial charge in [0.25, 0.3) is 0 Å². The van der Waals surface area contributed by atoms with Gasteiger partial charge < -0.3 is 8.98 Å². The van der Waals surface area contributed by atoms with Gasteiger partial charge in [-0.2, -0.15) is 0 Å². The highest BCUT2D eigenvalue weighted by atomic mass is 16.3. The average molecular weight is 534 g/mol. The van der Waals surface area contributed by atoms with Gasteiger partial charge in [0, 0.05) is 21.8 Å². The van der Waals surface area contributed by atoms with Gasteiger partial charge in [-0.05, 0) is 79.8 Å². The van der Waals surface area contributed by atoms with Crippen LogP contribution in [0.3, 0.4) is 0 Å². The zero-order valence-corrected chi connectivity index (χ0v) is 22.6. The summed E-state index contributed by atoms with van der Waals surface area (Å²) in [4.78, 5) is 0. The predicted octanol–water partition coefficient (Wildman–Crippen LogP) is 11.2. The number of nitrogens with zero attached hydrogens (tertiary/aromatic N) is 1. The second-order valence-corrected chi connectivity index (χ2v) is 11.3. The molecule has 2 heteroatoms. The molecule has 194 valence electrons. The molecule has 0 N–H and O–H groups in total. The Bertz CT molecular complexity index is 2670. The molecule has 0 spiro atoms. The molecule has 8 aromatic carbocycles. The van der Waals surface area contributed by atoms with Gasteiger partial charge in [-0.25, -0.2) is 0 Å². The molecule has 0 aliphatic rings. The summed E-state index contributed by atoms with van der Waals surface area (Å²) in [6.07, 6.45) is 0. The number of hydrogen-bond donors (Lipinski definition) is 0. The fourth-order valence-corrected chi connectivity index (χ4v) is 7.31. The Balaban J connectivity index is 1.26. The van der Waals surface area contributed by atoms with Crippen LogP contribution in [-0.2, 0) is 0 Å². The molecule has 0 radical (unpaired) electrons. The molecule has 0 aliphatic heterocycles. The Labute approximate surface area is 241 Å². The number of benzene rings is 8. The highest BCUT2D eigenvalue weighted by Gasteiger charge is 2.19. The van der Waals surface area contributed by atoms with Gasteiger partial charge in [-0.1, -0.05) is 103 Å². The van der Waals surface area contributed by atoms with Crippen LogP contribution in [0.1, 0.15) is 0 Å². The molecule has 0 amide bonds. The van der Waals surface area contributed by atoms with Gasteiger partial charge in [0.1, 0.15) is 11.2 Å². The van der Waals surface area contributed by atoms with Crippen LogP contribution in [0.25, 0.3) is 92.9 Å². The topological polar surface area (TPSA) is 18.1 Å². The first-order valence-electron chi connectivity index (χ1n) is 14.4. The highest BCUT2D eigenvalue weighted by Crippen LogP contribution is 2.42. The predicted molar refractivity (Wildman–Crippen MR) is 177 cm³/mol. The van der Waals surface area contributed by atoms with Crippen molar-refractivity contribution in [3.63, 3.8) is 0 Å². The Hall–Kier alpha value is -5.60. The van der Waals surface area contributed by atoms with Crippen molar-refractivity contribution in [2.45, 2.75) is 0 Å². The van der Waals surface area contributed by atoms with Crippen LogP contribution in [0.5, 0.6) is 0 Å². The summed E-state index contributed by atoms with van der Waals surface area (Å²) < 4.78 is 8.89. The molecule has 2 aromatic heterocycles. The van der Waals surface area contributed by atoms with Crippen LogP contribution in [0.4, 0.5) is 0 Å². The number of fused-ring (bicyclic) bond motifs is 7. The monoisotopic (exact) mass is 533 g/mol. The van der Waals surface area contributed by atoms with Crippen LogP contribution >= 0.6 is 0 Å². The van der Waals surface area contributed by atoms with Crippen LogP contribution in [-0.4, -0.2) is 4.57 Å². The molecule has 2 heterocycles. The van der Waals surface area contributed by atoms with E-state index in [1.54, 1.807) is 0 Å². The molecule has 0 unspecified atom stereocenters. The SMILES string of the molecule is c1cc(-c2ccc3ccc4cccc5ccc2c3c45)cc(-n2c3ccccc3c3c4oc5ccccc5c4ccc32)c1. The summed E-state index contributed by atoms with van der Waals surface area (Å²) in [7, 11) is 0. The van der Waals surface area contributed by atoms with Gasteiger partial charge >= 0.3 is 0 Å². The van der Waals surface area contributed by atoms with E-state index in [4.69, 9.17) is 4.42 Å². The zero-order valence-electron chi connectivity index (χ0n) is 22.6. The zero-order chi connectivity index (χ0) is 27.4. The van der Waals surface area contributed by atoms with Crippen molar-refractivity contribution in [3.05, 3.63) is 140 Å². The van der Waals surface area contributed by atoms with Crippen LogP contribution in [0, 0.1) is 0 Å². The first-order valence-corrected chi connectivity index (χ1v) is 14.4. The highest BCUT2D eigenvalue weighted by molar-refractivity contribution is 6.26. The van der Waals surface area contributed by atoms with Gasteiger partial charge in [-0.15, -0.1) is 0 Å². The van der Waals surface area contributed by atoms with Crippen molar-refractivity contribution in [1.29, 1.82) is 0 Å². The van der Waals surface area contributed by atoms with E-state index in [0.717, 1.165) is 38.5 Å². The Morgan fingerprint density at radius 3 is 2.05 bits per heavy atom. The minimum atomic E-state index is 0.924. The minimum Gasteiger partial charge on any atom is -0.455 e. The lowest BCUT2D eigenvalue weighted by Gasteiger charge is -2.15. The summed E-state index contributed by atoms with van der Waals surface area (Å²) in [6, 6.07) is 50.6. The number of para-hydroxylation sites is 2. The van der Waals surface area contributed by atoms with Crippen molar-refractivity contribution >= 4 is 76.1 Å². The van der Waals surface area contributed by atoms with Crippen LogP contribution in [0.2, 0.25) is 0 Å². The molecule has 0 fully saturated rings. The minimum absolute atomic E-state index is 0.924. The van der Waals surface area contributed by atoms with Gasteiger partial charge in [0.2, 0.25) is 0 Å². The maximum atomic E-state index is 6.51. The molecule has 0 aliphatic carbocycles. The molecule has 42 heavy (non-hydrogen) atoms. The van der Waals surface area contributed by atoms with E-state index in [2.05, 4.69) is 138 Å². The third-order valence-electron chi connectivity index (χ3n) is 9.12. The summed E-state index contributed by atoms with van der Waals surface area (Å²) in [5, 5.41) is 12.5. The molecule has 10 rings (SSSR count). The summed E-state index contributed by atoms with van der Waals surface area (Å²) in [6.45, 7) is 0. The molecule has 0 atom stereocenters. The Morgan fingerprint density at radius 1 is 0.429 bits per heavy atom. The van der Waals surface area contributed by atoms with E-state index >= 15 is 0 Å². The van der Waals surface area contributed by atoms with Crippen molar-refractivity contribution in [1.82, 2.24) is 4.57 Å². The Morgan fingerprint density at radius 2 is 1.14 bits per heavy atom. The summed E-state index contributed by atoms with van der Waals surface area (Å²) in [5.41, 5.74) is 7.80. The summed E-state index contributed by atoms with van der Waals surface area (Å²) in [5.74, 6) is 0.